The van der Waals surface area contributed by atoms with Gasteiger partial charge in [-0.3, -0.25) is 5.32 Å². The van der Waals surface area contributed by atoms with E-state index >= 15 is 0 Å². The number of likely N-dealkylation sites (tertiary alicyclic amines) is 1. The largest absolute Gasteiger partial charge is 0.494 e. The van der Waals surface area contributed by atoms with Gasteiger partial charge in [0.2, 0.25) is 0 Å². The van der Waals surface area contributed by atoms with Gasteiger partial charge < -0.3 is 14.5 Å². The van der Waals surface area contributed by atoms with Crippen LogP contribution in [0.3, 0.4) is 0 Å². The Morgan fingerprint density at radius 1 is 1.21 bits per heavy atom. The number of benzene rings is 2. The summed E-state index contributed by atoms with van der Waals surface area (Å²) in [6, 6.07) is 16.8. The number of fused-ring (bicyclic) bond motifs is 1. The molecular formula is C26H34N4O2S. The van der Waals surface area contributed by atoms with Crippen molar-refractivity contribution in [2.75, 3.05) is 25.5 Å². The molecule has 0 saturated carbocycles. The lowest BCUT2D eigenvalue weighted by molar-refractivity contribution is 0.0989. The van der Waals surface area contributed by atoms with Crippen LogP contribution in [0.2, 0.25) is 0 Å². The average molecular weight is 467 g/mol. The number of nitrogens with zero attached hydrogens (tertiary/aromatic N) is 3. The molecule has 176 valence electrons. The fraction of sp³-hybridized carbons (Fsp3) is 0.462. The molecule has 3 aromatic rings. The van der Waals surface area contributed by atoms with E-state index in [0.29, 0.717) is 17.7 Å². The summed E-state index contributed by atoms with van der Waals surface area (Å²) in [6.07, 6.45) is 4.40. The van der Waals surface area contributed by atoms with Crippen LogP contribution in [0.1, 0.15) is 45.1 Å². The lowest BCUT2D eigenvalue weighted by atomic mass is 10.00. The lowest BCUT2D eigenvalue weighted by Gasteiger charge is -2.40. The number of anilines is 1. The minimum atomic E-state index is -0.0862. The van der Waals surface area contributed by atoms with Crippen LogP contribution in [-0.4, -0.2) is 53.1 Å². The maximum atomic E-state index is 13.5. The maximum absolute atomic E-state index is 13.5. The SMILES string of the molecule is CCCC(C)N1CCC(N(Cc2ccccc2)C(=O)Nc2nc3c(OC)cccc3s2)CC1. The van der Waals surface area contributed by atoms with Crippen LogP contribution in [0.25, 0.3) is 10.2 Å². The molecular weight excluding hydrogens is 432 g/mol. The summed E-state index contributed by atoms with van der Waals surface area (Å²) in [5.41, 5.74) is 1.92. The zero-order valence-corrected chi connectivity index (χ0v) is 20.6. The molecule has 0 radical (unpaired) electrons. The molecule has 7 heteroatoms. The monoisotopic (exact) mass is 466 g/mol. The molecule has 1 N–H and O–H groups in total. The minimum absolute atomic E-state index is 0.0862. The Morgan fingerprint density at radius 2 is 1.97 bits per heavy atom. The van der Waals surface area contributed by atoms with Gasteiger partial charge in [-0.25, -0.2) is 9.78 Å². The highest BCUT2D eigenvalue weighted by Crippen LogP contribution is 2.32. The van der Waals surface area contributed by atoms with E-state index in [-0.39, 0.29) is 12.1 Å². The Kier molecular flexibility index (Phi) is 7.83. The molecule has 0 aliphatic carbocycles. The number of thiazole rings is 1. The molecule has 6 nitrogen and oxygen atoms in total. The zero-order chi connectivity index (χ0) is 23.2. The highest BCUT2D eigenvalue weighted by molar-refractivity contribution is 7.22. The van der Waals surface area contributed by atoms with Crippen molar-refractivity contribution in [3.05, 3.63) is 54.1 Å². The molecule has 1 aromatic heterocycles. The molecule has 1 fully saturated rings. The van der Waals surface area contributed by atoms with Gasteiger partial charge in [0.05, 0.1) is 11.8 Å². The van der Waals surface area contributed by atoms with Crippen molar-refractivity contribution >= 4 is 32.7 Å². The number of urea groups is 1. The van der Waals surface area contributed by atoms with E-state index < -0.39 is 0 Å². The van der Waals surface area contributed by atoms with Gasteiger partial charge in [-0.05, 0) is 43.9 Å². The molecule has 0 bridgehead atoms. The van der Waals surface area contributed by atoms with Gasteiger partial charge in [0.1, 0.15) is 11.3 Å². The first-order valence-corrected chi connectivity index (χ1v) is 12.7. The number of hydrogen-bond acceptors (Lipinski definition) is 5. The second kappa shape index (κ2) is 11.0. The number of hydrogen-bond donors (Lipinski definition) is 1. The van der Waals surface area contributed by atoms with Crippen LogP contribution in [-0.2, 0) is 6.54 Å². The number of para-hydroxylation sites is 1. The first-order valence-electron chi connectivity index (χ1n) is 11.9. The number of piperidine rings is 1. The quantitative estimate of drug-likeness (QED) is 0.443. The number of carbonyl (C=O) groups excluding carboxylic acids is 1. The summed E-state index contributed by atoms with van der Waals surface area (Å²) >= 11 is 1.48. The van der Waals surface area contributed by atoms with Gasteiger partial charge in [0.25, 0.3) is 0 Å². The van der Waals surface area contributed by atoms with Crippen molar-refractivity contribution in [1.82, 2.24) is 14.8 Å². The van der Waals surface area contributed by atoms with E-state index in [9.17, 15) is 4.79 Å². The van der Waals surface area contributed by atoms with Crippen LogP contribution in [0.4, 0.5) is 9.93 Å². The maximum Gasteiger partial charge on any atom is 0.324 e. The van der Waals surface area contributed by atoms with Crippen molar-refractivity contribution in [2.45, 2.75) is 58.2 Å². The van der Waals surface area contributed by atoms with Crippen LogP contribution in [0.15, 0.2) is 48.5 Å². The van der Waals surface area contributed by atoms with Crippen molar-refractivity contribution in [3.8, 4) is 5.75 Å². The third-order valence-corrected chi connectivity index (χ3v) is 7.48. The fourth-order valence-corrected chi connectivity index (χ4v) is 5.56. The van der Waals surface area contributed by atoms with Crippen molar-refractivity contribution < 1.29 is 9.53 Å². The Hall–Kier alpha value is -2.64. The van der Waals surface area contributed by atoms with E-state index in [0.717, 1.165) is 47.5 Å². The van der Waals surface area contributed by atoms with Gasteiger partial charge >= 0.3 is 6.03 Å². The first kappa shape index (κ1) is 23.5. The van der Waals surface area contributed by atoms with Gasteiger partial charge in [0.15, 0.2) is 5.13 Å². The summed E-state index contributed by atoms with van der Waals surface area (Å²) in [6.45, 7) is 7.22. The van der Waals surface area contributed by atoms with Crippen molar-refractivity contribution in [3.63, 3.8) is 0 Å². The summed E-state index contributed by atoms with van der Waals surface area (Å²) < 4.78 is 6.43. The Morgan fingerprint density at radius 3 is 2.67 bits per heavy atom. The Balaban J connectivity index is 1.50. The van der Waals surface area contributed by atoms with Crippen LogP contribution in [0, 0.1) is 0 Å². The molecule has 1 aliphatic rings. The van der Waals surface area contributed by atoms with E-state index in [4.69, 9.17) is 4.74 Å². The standard InChI is InChI=1S/C26H34N4O2S/c1-4-9-19(2)29-16-14-21(15-17-29)30(18-20-10-6-5-7-11-20)26(31)28-25-27-24-22(32-3)12-8-13-23(24)33-25/h5-8,10-13,19,21H,4,9,14-18H2,1-3H3,(H,27,28,31). The summed E-state index contributed by atoms with van der Waals surface area (Å²) in [7, 11) is 1.64. The molecule has 1 saturated heterocycles. The number of carbonyl (C=O) groups is 1. The van der Waals surface area contributed by atoms with Gasteiger partial charge in [-0.1, -0.05) is 61.1 Å². The van der Waals surface area contributed by atoms with Gasteiger partial charge in [-0.2, -0.15) is 0 Å². The second-order valence-corrected chi connectivity index (χ2v) is 9.81. The molecule has 4 rings (SSSR count). The Labute approximate surface area is 200 Å². The predicted molar refractivity (Wildman–Crippen MR) is 136 cm³/mol. The number of methoxy groups -OCH3 is 1. The molecule has 2 amide bonds. The second-order valence-electron chi connectivity index (χ2n) is 8.77. The van der Waals surface area contributed by atoms with Crippen molar-refractivity contribution in [1.29, 1.82) is 0 Å². The molecule has 1 aliphatic heterocycles. The third-order valence-electron chi connectivity index (χ3n) is 6.54. The topological polar surface area (TPSA) is 57.7 Å². The molecule has 2 aromatic carbocycles. The lowest BCUT2D eigenvalue weighted by Crippen LogP contribution is -2.50. The van der Waals surface area contributed by atoms with Crippen LogP contribution < -0.4 is 10.1 Å². The van der Waals surface area contributed by atoms with E-state index in [1.54, 1.807) is 7.11 Å². The summed E-state index contributed by atoms with van der Waals surface area (Å²) in [5.74, 6) is 0.721. The van der Waals surface area contributed by atoms with E-state index in [1.165, 1.54) is 24.2 Å². The minimum Gasteiger partial charge on any atom is -0.494 e. The molecule has 0 spiro atoms. The normalized spacial score (nSPS) is 16.0. The number of rotatable bonds is 8. The number of amides is 2. The number of ether oxygens (including phenoxy) is 1. The van der Waals surface area contributed by atoms with Crippen LogP contribution in [0.5, 0.6) is 5.75 Å². The highest BCUT2D eigenvalue weighted by atomic mass is 32.1. The van der Waals surface area contributed by atoms with Gasteiger partial charge in [0, 0.05) is 31.7 Å². The van der Waals surface area contributed by atoms with Crippen molar-refractivity contribution in [2.24, 2.45) is 0 Å². The molecule has 2 heterocycles. The Bertz CT molecular complexity index is 1050. The smallest absolute Gasteiger partial charge is 0.324 e. The van der Waals surface area contributed by atoms with E-state index in [2.05, 4.69) is 41.2 Å². The predicted octanol–water partition coefficient (Wildman–Crippen LogP) is 5.99. The zero-order valence-electron chi connectivity index (χ0n) is 19.8. The highest BCUT2D eigenvalue weighted by Gasteiger charge is 2.30. The number of aromatic nitrogens is 1. The fourth-order valence-electron chi connectivity index (χ4n) is 4.69. The molecule has 1 unspecified atom stereocenters. The van der Waals surface area contributed by atoms with Gasteiger partial charge in [-0.15, -0.1) is 0 Å². The summed E-state index contributed by atoms with van der Waals surface area (Å²) in [4.78, 5) is 22.7. The molecule has 33 heavy (non-hydrogen) atoms. The molecule has 1 atom stereocenters. The van der Waals surface area contributed by atoms with Crippen LogP contribution >= 0.6 is 11.3 Å². The van der Waals surface area contributed by atoms with E-state index in [1.807, 2.05) is 41.3 Å². The third kappa shape index (κ3) is 5.65. The average Bonchev–Trinajstić information content (AvgIpc) is 3.26. The first-order chi connectivity index (χ1) is 16.1. The number of nitrogens with one attached hydrogen (secondary N) is 1. The summed E-state index contributed by atoms with van der Waals surface area (Å²) in [5, 5.41) is 3.68.